The molecule has 0 bridgehead atoms. The van der Waals surface area contributed by atoms with Crippen molar-refractivity contribution in [2.45, 2.75) is 38.3 Å². The van der Waals surface area contributed by atoms with Gasteiger partial charge in [-0.1, -0.05) is 36.4 Å². The first-order valence-corrected chi connectivity index (χ1v) is 11.2. The summed E-state index contributed by atoms with van der Waals surface area (Å²) in [6, 6.07) is 16.6. The van der Waals surface area contributed by atoms with Crippen molar-refractivity contribution in [3.05, 3.63) is 59.7 Å². The normalized spacial score (nSPS) is 22.5. The van der Waals surface area contributed by atoms with E-state index in [1.807, 2.05) is 24.3 Å². The number of amides is 1. The van der Waals surface area contributed by atoms with Crippen molar-refractivity contribution in [2.24, 2.45) is 5.92 Å². The Hall–Kier alpha value is -2.53. The molecular weight excluding hydrogens is 376 g/mol. The van der Waals surface area contributed by atoms with Crippen LogP contribution in [0.1, 0.15) is 42.9 Å². The number of rotatable bonds is 5. The molecule has 3 heterocycles. The van der Waals surface area contributed by atoms with Crippen LogP contribution in [0.15, 0.2) is 48.5 Å². The van der Waals surface area contributed by atoms with Crippen molar-refractivity contribution in [1.29, 1.82) is 0 Å². The third-order valence-electron chi connectivity index (χ3n) is 6.62. The van der Waals surface area contributed by atoms with Crippen molar-refractivity contribution >= 4 is 5.91 Å². The number of ether oxygens (including phenoxy) is 2. The highest BCUT2D eigenvalue weighted by atomic mass is 16.6. The van der Waals surface area contributed by atoms with Gasteiger partial charge in [0.25, 0.3) is 0 Å². The second-order valence-electron chi connectivity index (χ2n) is 8.77. The third-order valence-corrected chi connectivity index (χ3v) is 6.62. The predicted molar refractivity (Wildman–Crippen MR) is 116 cm³/mol. The zero-order valence-corrected chi connectivity index (χ0v) is 17.5. The van der Waals surface area contributed by atoms with Crippen LogP contribution in [0.25, 0.3) is 0 Å². The third kappa shape index (κ3) is 4.31. The fourth-order valence-corrected chi connectivity index (χ4v) is 4.82. The van der Waals surface area contributed by atoms with E-state index in [0.717, 1.165) is 62.6 Å². The lowest BCUT2D eigenvalue weighted by molar-refractivity contribution is -0.128. The number of likely N-dealkylation sites (tertiary alicyclic amines) is 2. The average molecular weight is 407 g/mol. The van der Waals surface area contributed by atoms with Gasteiger partial charge in [0.05, 0.1) is 0 Å². The number of nitrogens with zero attached hydrogens (tertiary/aromatic N) is 2. The van der Waals surface area contributed by atoms with Gasteiger partial charge in [0.1, 0.15) is 6.61 Å². The fourth-order valence-electron chi connectivity index (χ4n) is 4.82. The number of benzene rings is 2. The van der Waals surface area contributed by atoms with E-state index in [-0.39, 0.29) is 6.10 Å². The molecule has 2 aromatic rings. The second kappa shape index (κ2) is 8.68. The topological polar surface area (TPSA) is 42.0 Å². The van der Waals surface area contributed by atoms with Gasteiger partial charge in [-0.15, -0.1) is 0 Å². The summed E-state index contributed by atoms with van der Waals surface area (Å²) in [7, 11) is 0. The number of hydrogen-bond donors (Lipinski definition) is 0. The summed E-state index contributed by atoms with van der Waals surface area (Å²) < 4.78 is 12.0. The van der Waals surface area contributed by atoms with Crippen molar-refractivity contribution in [1.82, 2.24) is 9.80 Å². The molecule has 5 rings (SSSR count). The number of hydrogen-bond acceptors (Lipinski definition) is 4. The average Bonchev–Trinajstić information content (AvgIpc) is 3.19. The van der Waals surface area contributed by atoms with E-state index in [0.29, 0.717) is 18.4 Å². The van der Waals surface area contributed by atoms with E-state index in [4.69, 9.17) is 9.47 Å². The molecule has 158 valence electrons. The van der Waals surface area contributed by atoms with Crippen LogP contribution in [0.2, 0.25) is 0 Å². The Morgan fingerprint density at radius 2 is 1.70 bits per heavy atom. The Morgan fingerprint density at radius 1 is 0.933 bits per heavy atom. The van der Waals surface area contributed by atoms with Crippen LogP contribution in [0.5, 0.6) is 11.5 Å². The lowest BCUT2D eigenvalue weighted by Crippen LogP contribution is -2.38. The first-order chi connectivity index (χ1) is 14.7. The monoisotopic (exact) mass is 406 g/mol. The van der Waals surface area contributed by atoms with Gasteiger partial charge in [-0.05, 0) is 61.5 Å². The van der Waals surface area contributed by atoms with E-state index < -0.39 is 0 Å². The standard InChI is InChI=1S/C25H30N2O3/c28-25-6-3-13-27(25)17-20-11-14-26(15-12-20)16-19-7-9-21(10-8-19)24-18-29-22-4-1-2-5-23(22)30-24/h1-2,4-5,7-10,20,24H,3,6,11-18H2. The Bertz CT molecular complexity index is 874. The number of piperidine rings is 1. The Kier molecular flexibility index (Phi) is 5.63. The van der Waals surface area contributed by atoms with Crippen molar-refractivity contribution < 1.29 is 14.3 Å². The maximum absolute atomic E-state index is 11.9. The quantitative estimate of drug-likeness (QED) is 0.752. The van der Waals surface area contributed by atoms with Crippen LogP contribution >= 0.6 is 0 Å². The molecule has 0 aromatic heterocycles. The van der Waals surface area contributed by atoms with Crippen molar-refractivity contribution in [3.8, 4) is 11.5 Å². The molecule has 0 N–H and O–H groups in total. The Morgan fingerprint density at radius 3 is 2.43 bits per heavy atom. The van der Waals surface area contributed by atoms with Gasteiger partial charge in [-0.25, -0.2) is 0 Å². The molecule has 1 amide bonds. The predicted octanol–water partition coefficient (Wildman–Crippen LogP) is 4.03. The van der Waals surface area contributed by atoms with Crippen LogP contribution in [0.4, 0.5) is 0 Å². The Balaban J connectivity index is 1.12. The molecular formula is C25H30N2O3. The van der Waals surface area contributed by atoms with Crippen LogP contribution in [0.3, 0.4) is 0 Å². The first kappa shape index (κ1) is 19.4. The van der Waals surface area contributed by atoms with E-state index in [2.05, 4.69) is 34.1 Å². The van der Waals surface area contributed by atoms with Gasteiger partial charge in [-0.3, -0.25) is 9.69 Å². The summed E-state index contributed by atoms with van der Waals surface area (Å²) in [5.41, 5.74) is 2.49. The van der Waals surface area contributed by atoms with E-state index in [1.165, 1.54) is 18.4 Å². The molecule has 5 nitrogen and oxygen atoms in total. The number of para-hydroxylation sites is 2. The lowest BCUT2D eigenvalue weighted by atomic mass is 9.95. The van der Waals surface area contributed by atoms with Crippen molar-refractivity contribution in [3.63, 3.8) is 0 Å². The molecule has 0 saturated carbocycles. The summed E-state index contributed by atoms with van der Waals surface area (Å²) in [4.78, 5) is 16.5. The highest BCUT2D eigenvalue weighted by Gasteiger charge is 2.26. The molecule has 1 atom stereocenters. The van der Waals surface area contributed by atoms with E-state index in [9.17, 15) is 4.79 Å². The SMILES string of the molecule is O=C1CCCN1CC1CCN(Cc2ccc(C3COc4ccccc4O3)cc2)CC1. The van der Waals surface area contributed by atoms with Gasteiger partial charge >= 0.3 is 0 Å². The first-order valence-electron chi connectivity index (χ1n) is 11.2. The molecule has 5 heteroatoms. The molecule has 2 aromatic carbocycles. The minimum Gasteiger partial charge on any atom is -0.485 e. The zero-order valence-electron chi connectivity index (χ0n) is 17.5. The van der Waals surface area contributed by atoms with Gasteiger partial charge in [0.2, 0.25) is 5.91 Å². The van der Waals surface area contributed by atoms with Crippen molar-refractivity contribution in [2.75, 3.05) is 32.8 Å². The molecule has 30 heavy (non-hydrogen) atoms. The molecule has 0 radical (unpaired) electrons. The van der Waals surface area contributed by atoms with Gasteiger partial charge in [0.15, 0.2) is 17.6 Å². The molecule has 0 spiro atoms. The minimum atomic E-state index is -0.0574. The molecule has 0 aliphatic carbocycles. The van der Waals surface area contributed by atoms with Gasteiger partial charge in [0, 0.05) is 26.1 Å². The summed E-state index contributed by atoms with van der Waals surface area (Å²) in [6.07, 6.45) is 4.11. The number of fused-ring (bicyclic) bond motifs is 1. The number of carbonyl (C=O) groups is 1. The Labute approximate surface area is 178 Å². The van der Waals surface area contributed by atoms with E-state index >= 15 is 0 Å². The molecule has 1 unspecified atom stereocenters. The molecule has 3 aliphatic heterocycles. The molecule has 3 aliphatic rings. The lowest BCUT2D eigenvalue weighted by Gasteiger charge is -2.34. The van der Waals surface area contributed by atoms with Crippen LogP contribution in [-0.2, 0) is 11.3 Å². The highest BCUT2D eigenvalue weighted by molar-refractivity contribution is 5.78. The van der Waals surface area contributed by atoms with Gasteiger partial charge < -0.3 is 14.4 Å². The highest BCUT2D eigenvalue weighted by Crippen LogP contribution is 2.36. The van der Waals surface area contributed by atoms with Gasteiger partial charge in [-0.2, -0.15) is 0 Å². The molecule has 2 saturated heterocycles. The summed E-state index contributed by atoms with van der Waals surface area (Å²) in [5, 5.41) is 0. The fraction of sp³-hybridized carbons (Fsp3) is 0.480. The number of carbonyl (C=O) groups excluding carboxylic acids is 1. The smallest absolute Gasteiger partial charge is 0.222 e. The summed E-state index contributed by atoms with van der Waals surface area (Å²) >= 11 is 0. The zero-order chi connectivity index (χ0) is 20.3. The summed E-state index contributed by atoms with van der Waals surface area (Å²) in [6.45, 7) is 5.69. The maximum atomic E-state index is 11.9. The maximum Gasteiger partial charge on any atom is 0.222 e. The largest absolute Gasteiger partial charge is 0.485 e. The van der Waals surface area contributed by atoms with Crippen LogP contribution < -0.4 is 9.47 Å². The molecule has 2 fully saturated rings. The summed E-state index contributed by atoms with van der Waals surface area (Å²) in [5.74, 6) is 2.66. The second-order valence-corrected chi connectivity index (χ2v) is 8.77. The minimum absolute atomic E-state index is 0.0574. The van der Waals surface area contributed by atoms with E-state index in [1.54, 1.807) is 0 Å². The van der Waals surface area contributed by atoms with Crippen LogP contribution in [-0.4, -0.2) is 48.5 Å². The van der Waals surface area contributed by atoms with Crippen LogP contribution in [0, 0.1) is 5.92 Å².